The quantitative estimate of drug-likeness (QED) is 0.686. The number of hydrogen-bond donors (Lipinski definition) is 0. The standard InChI is InChI=1S/C12H14O3/c13-6-2-4-10-3-1-5-11(7-10)15-12-8-14-9-12/h1,3,5-7,12H,2,4,8-9H2. The summed E-state index contributed by atoms with van der Waals surface area (Å²) in [5.41, 5.74) is 1.14. The third-order valence-corrected chi connectivity index (χ3v) is 2.36. The minimum Gasteiger partial charge on any atom is -0.486 e. The van der Waals surface area contributed by atoms with Crippen LogP contribution in [0.1, 0.15) is 12.0 Å². The number of aldehydes is 1. The molecule has 0 N–H and O–H groups in total. The number of aryl methyl sites for hydroxylation is 1. The van der Waals surface area contributed by atoms with Crippen molar-refractivity contribution < 1.29 is 14.3 Å². The van der Waals surface area contributed by atoms with Crippen LogP contribution in [0.3, 0.4) is 0 Å². The minimum atomic E-state index is 0.200. The zero-order chi connectivity index (χ0) is 10.5. The summed E-state index contributed by atoms with van der Waals surface area (Å²) in [6.07, 6.45) is 2.48. The van der Waals surface area contributed by atoms with Crippen LogP contribution in [0, 0.1) is 0 Å². The van der Waals surface area contributed by atoms with Crippen LogP contribution in [0.5, 0.6) is 5.75 Å². The lowest BCUT2D eigenvalue weighted by molar-refractivity contribution is -0.107. The molecule has 0 aliphatic carbocycles. The van der Waals surface area contributed by atoms with E-state index in [1.165, 1.54) is 0 Å². The van der Waals surface area contributed by atoms with E-state index in [0.29, 0.717) is 19.6 Å². The molecule has 1 heterocycles. The fourth-order valence-corrected chi connectivity index (χ4v) is 1.47. The van der Waals surface area contributed by atoms with E-state index in [4.69, 9.17) is 9.47 Å². The van der Waals surface area contributed by atoms with Crippen LogP contribution in [0.2, 0.25) is 0 Å². The van der Waals surface area contributed by atoms with E-state index in [2.05, 4.69) is 0 Å². The average molecular weight is 206 g/mol. The SMILES string of the molecule is O=CCCc1cccc(OC2COC2)c1. The molecule has 3 nitrogen and oxygen atoms in total. The molecule has 0 bridgehead atoms. The molecule has 0 radical (unpaired) electrons. The molecule has 1 aliphatic rings. The molecule has 0 spiro atoms. The van der Waals surface area contributed by atoms with E-state index in [9.17, 15) is 4.79 Å². The van der Waals surface area contributed by atoms with Crippen molar-refractivity contribution in [3.8, 4) is 5.75 Å². The van der Waals surface area contributed by atoms with Crippen LogP contribution in [-0.2, 0) is 16.0 Å². The third kappa shape index (κ3) is 2.80. The van der Waals surface area contributed by atoms with E-state index in [1.807, 2.05) is 24.3 Å². The molecule has 15 heavy (non-hydrogen) atoms. The third-order valence-electron chi connectivity index (χ3n) is 2.36. The fourth-order valence-electron chi connectivity index (χ4n) is 1.47. The lowest BCUT2D eigenvalue weighted by atomic mass is 10.1. The molecule has 1 saturated heterocycles. The minimum absolute atomic E-state index is 0.200. The van der Waals surface area contributed by atoms with Crippen molar-refractivity contribution in [1.82, 2.24) is 0 Å². The highest BCUT2D eigenvalue weighted by molar-refractivity contribution is 5.50. The monoisotopic (exact) mass is 206 g/mol. The first-order valence-corrected chi connectivity index (χ1v) is 5.15. The Hall–Kier alpha value is -1.35. The lowest BCUT2D eigenvalue weighted by Gasteiger charge is -2.26. The molecule has 0 atom stereocenters. The molecule has 3 heteroatoms. The van der Waals surface area contributed by atoms with Gasteiger partial charge in [0.05, 0.1) is 13.2 Å². The molecular weight excluding hydrogens is 192 g/mol. The number of benzene rings is 1. The van der Waals surface area contributed by atoms with Gasteiger partial charge in [0, 0.05) is 6.42 Å². The van der Waals surface area contributed by atoms with Crippen LogP contribution in [0.25, 0.3) is 0 Å². The summed E-state index contributed by atoms with van der Waals surface area (Å²) < 4.78 is 10.7. The molecule has 0 unspecified atom stereocenters. The van der Waals surface area contributed by atoms with Gasteiger partial charge in [-0.15, -0.1) is 0 Å². The second kappa shape index (κ2) is 4.94. The summed E-state index contributed by atoms with van der Waals surface area (Å²) in [5.74, 6) is 0.867. The van der Waals surface area contributed by atoms with E-state index >= 15 is 0 Å². The number of carbonyl (C=O) groups is 1. The fraction of sp³-hybridized carbons (Fsp3) is 0.417. The molecule has 80 valence electrons. The van der Waals surface area contributed by atoms with Crippen LogP contribution < -0.4 is 4.74 Å². The van der Waals surface area contributed by atoms with Crippen molar-refractivity contribution in [3.05, 3.63) is 29.8 Å². The number of hydrogen-bond acceptors (Lipinski definition) is 3. The van der Waals surface area contributed by atoms with Gasteiger partial charge < -0.3 is 14.3 Å². The Labute approximate surface area is 89.0 Å². The highest BCUT2D eigenvalue weighted by atomic mass is 16.6. The topological polar surface area (TPSA) is 35.5 Å². The van der Waals surface area contributed by atoms with Gasteiger partial charge in [-0.1, -0.05) is 12.1 Å². The van der Waals surface area contributed by atoms with Gasteiger partial charge in [-0.3, -0.25) is 0 Å². The first-order valence-electron chi connectivity index (χ1n) is 5.15. The number of carbonyl (C=O) groups excluding carboxylic acids is 1. The summed E-state index contributed by atoms with van der Waals surface area (Å²) >= 11 is 0. The predicted octanol–water partition coefficient (Wildman–Crippen LogP) is 1.60. The lowest BCUT2D eigenvalue weighted by Crippen LogP contribution is -2.38. The Kier molecular flexibility index (Phi) is 3.35. The van der Waals surface area contributed by atoms with Crippen molar-refractivity contribution in [3.63, 3.8) is 0 Å². The van der Waals surface area contributed by atoms with Gasteiger partial charge >= 0.3 is 0 Å². The highest BCUT2D eigenvalue weighted by Gasteiger charge is 2.19. The molecule has 2 rings (SSSR count). The molecule has 1 aromatic rings. The molecular formula is C12H14O3. The summed E-state index contributed by atoms with van der Waals surface area (Å²) in [5, 5.41) is 0. The number of ether oxygens (including phenoxy) is 2. The normalized spacial score (nSPS) is 15.7. The van der Waals surface area contributed by atoms with Crippen molar-refractivity contribution in [2.24, 2.45) is 0 Å². The van der Waals surface area contributed by atoms with Gasteiger partial charge in [0.15, 0.2) is 0 Å². The van der Waals surface area contributed by atoms with Gasteiger partial charge in [-0.05, 0) is 24.1 Å². The van der Waals surface area contributed by atoms with E-state index in [-0.39, 0.29) is 6.10 Å². The first-order chi connectivity index (χ1) is 7.38. The zero-order valence-corrected chi connectivity index (χ0v) is 8.52. The largest absolute Gasteiger partial charge is 0.486 e. The predicted molar refractivity (Wildman–Crippen MR) is 56.1 cm³/mol. The van der Waals surface area contributed by atoms with Crippen molar-refractivity contribution >= 4 is 6.29 Å². The Morgan fingerprint density at radius 3 is 3.00 bits per heavy atom. The number of rotatable bonds is 5. The Balaban J connectivity index is 1.94. The second-order valence-electron chi connectivity index (χ2n) is 3.63. The smallest absolute Gasteiger partial charge is 0.145 e. The van der Waals surface area contributed by atoms with Crippen molar-refractivity contribution in [1.29, 1.82) is 0 Å². The zero-order valence-electron chi connectivity index (χ0n) is 8.52. The van der Waals surface area contributed by atoms with Crippen LogP contribution in [-0.4, -0.2) is 25.6 Å². The van der Waals surface area contributed by atoms with Gasteiger partial charge in [-0.2, -0.15) is 0 Å². The first kappa shape index (κ1) is 10.2. The van der Waals surface area contributed by atoms with Gasteiger partial charge in [0.25, 0.3) is 0 Å². The van der Waals surface area contributed by atoms with E-state index < -0.39 is 0 Å². The summed E-state index contributed by atoms with van der Waals surface area (Å²) in [6, 6.07) is 7.88. The maximum absolute atomic E-state index is 10.2. The van der Waals surface area contributed by atoms with Crippen molar-refractivity contribution in [2.45, 2.75) is 18.9 Å². The Bertz CT molecular complexity index is 331. The van der Waals surface area contributed by atoms with Gasteiger partial charge in [0.2, 0.25) is 0 Å². The van der Waals surface area contributed by atoms with Crippen LogP contribution in [0.15, 0.2) is 24.3 Å². The Morgan fingerprint density at radius 2 is 2.33 bits per heavy atom. The summed E-state index contributed by atoms with van der Waals surface area (Å²) in [6.45, 7) is 1.36. The average Bonchev–Trinajstić information content (AvgIpc) is 2.21. The van der Waals surface area contributed by atoms with E-state index in [0.717, 1.165) is 24.0 Å². The molecule has 1 aromatic carbocycles. The molecule has 1 fully saturated rings. The van der Waals surface area contributed by atoms with Gasteiger partial charge in [-0.25, -0.2) is 0 Å². The summed E-state index contributed by atoms with van der Waals surface area (Å²) in [4.78, 5) is 10.2. The Morgan fingerprint density at radius 1 is 1.47 bits per heavy atom. The van der Waals surface area contributed by atoms with Crippen LogP contribution in [0.4, 0.5) is 0 Å². The molecule has 0 amide bonds. The molecule has 0 aromatic heterocycles. The maximum atomic E-state index is 10.2. The second-order valence-corrected chi connectivity index (χ2v) is 3.63. The van der Waals surface area contributed by atoms with E-state index in [1.54, 1.807) is 0 Å². The van der Waals surface area contributed by atoms with Gasteiger partial charge in [0.1, 0.15) is 18.1 Å². The summed E-state index contributed by atoms with van der Waals surface area (Å²) in [7, 11) is 0. The van der Waals surface area contributed by atoms with Crippen LogP contribution >= 0.6 is 0 Å². The molecule has 1 aliphatic heterocycles. The maximum Gasteiger partial charge on any atom is 0.145 e. The molecule has 0 saturated carbocycles. The highest BCUT2D eigenvalue weighted by Crippen LogP contribution is 2.18. The van der Waals surface area contributed by atoms with Crippen molar-refractivity contribution in [2.75, 3.05) is 13.2 Å².